The zero-order valence-electron chi connectivity index (χ0n) is 14.3. The molecule has 0 atom stereocenters. The van der Waals surface area contributed by atoms with Gasteiger partial charge < -0.3 is 9.72 Å². The Balaban J connectivity index is 2.23. The van der Waals surface area contributed by atoms with E-state index in [9.17, 15) is 9.59 Å². The van der Waals surface area contributed by atoms with E-state index in [0.717, 1.165) is 22.2 Å². The van der Waals surface area contributed by atoms with Crippen molar-refractivity contribution in [3.63, 3.8) is 0 Å². The number of amides is 1. The molecule has 2 aromatic heterocycles. The summed E-state index contributed by atoms with van der Waals surface area (Å²) in [6.45, 7) is 5.40. The summed E-state index contributed by atoms with van der Waals surface area (Å²) in [6.07, 6.45) is 2.87. The van der Waals surface area contributed by atoms with Gasteiger partial charge in [-0.05, 0) is 56.2 Å². The van der Waals surface area contributed by atoms with E-state index in [2.05, 4.69) is 15.3 Å². The van der Waals surface area contributed by atoms with Crippen molar-refractivity contribution in [1.82, 2.24) is 9.97 Å². The Morgan fingerprint density at radius 3 is 2.56 bits per heavy atom. The number of carbonyl (C=O) groups is 2. The van der Waals surface area contributed by atoms with E-state index < -0.39 is 6.09 Å². The number of pyridine rings is 1. The highest BCUT2D eigenvalue weighted by Crippen LogP contribution is 2.34. The van der Waals surface area contributed by atoms with E-state index in [1.807, 2.05) is 31.2 Å². The van der Waals surface area contributed by atoms with Gasteiger partial charge in [-0.25, -0.2) is 4.79 Å². The molecule has 0 aliphatic heterocycles. The normalized spacial score (nSPS) is 10.7. The quantitative estimate of drug-likeness (QED) is 0.695. The van der Waals surface area contributed by atoms with Crippen LogP contribution in [0.4, 0.5) is 10.5 Å². The fraction of sp³-hybridized carbons (Fsp3) is 0.211. The zero-order valence-corrected chi connectivity index (χ0v) is 14.3. The lowest BCUT2D eigenvalue weighted by Gasteiger charge is -2.10. The van der Waals surface area contributed by atoms with E-state index in [-0.39, 0.29) is 12.4 Å². The summed E-state index contributed by atoms with van der Waals surface area (Å²) in [5.41, 5.74) is 4.48. The molecule has 0 bridgehead atoms. The third kappa shape index (κ3) is 3.24. The molecule has 0 saturated carbocycles. The standard InChI is InChI=1S/C19H19N3O3/c1-4-25-19(24)22-16-10-14(13-5-7-20-8-6-13)9-15-17(12(3)23)11(2)21-18(15)16/h5-10,21H,4H2,1-3H3,(H,22,24). The Hall–Kier alpha value is -3.15. The maximum Gasteiger partial charge on any atom is 0.411 e. The number of H-pyrrole nitrogens is 1. The highest BCUT2D eigenvalue weighted by Gasteiger charge is 2.18. The van der Waals surface area contributed by atoms with Gasteiger partial charge in [0.25, 0.3) is 0 Å². The Morgan fingerprint density at radius 2 is 1.92 bits per heavy atom. The molecule has 1 aromatic carbocycles. The minimum atomic E-state index is -0.535. The summed E-state index contributed by atoms with van der Waals surface area (Å²) >= 11 is 0. The molecule has 2 heterocycles. The summed E-state index contributed by atoms with van der Waals surface area (Å²) in [5.74, 6) is -0.0299. The Labute approximate surface area is 145 Å². The summed E-state index contributed by atoms with van der Waals surface area (Å²) < 4.78 is 4.98. The number of aromatic nitrogens is 2. The number of rotatable bonds is 4. The zero-order chi connectivity index (χ0) is 18.0. The van der Waals surface area contributed by atoms with E-state index in [4.69, 9.17) is 4.74 Å². The number of aromatic amines is 1. The molecule has 0 spiro atoms. The van der Waals surface area contributed by atoms with E-state index >= 15 is 0 Å². The van der Waals surface area contributed by atoms with Crippen molar-refractivity contribution in [2.45, 2.75) is 20.8 Å². The third-order valence-corrected chi connectivity index (χ3v) is 3.97. The van der Waals surface area contributed by atoms with Crippen molar-refractivity contribution in [3.05, 3.63) is 47.9 Å². The van der Waals surface area contributed by atoms with Gasteiger partial charge in [0.15, 0.2) is 5.78 Å². The van der Waals surface area contributed by atoms with Gasteiger partial charge in [0.2, 0.25) is 0 Å². The van der Waals surface area contributed by atoms with Gasteiger partial charge in [-0.15, -0.1) is 0 Å². The monoisotopic (exact) mass is 337 g/mol. The SMILES string of the molecule is CCOC(=O)Nc1cc(-c2ccncc2)cc2c(C(C)=O)c(C)[nH]c12. The molecule has 0 radical (unpaired) electrons. The molecule has 0 aliphatic rings. The van der Waals surface area contributed by atoms with Crippen LogP contribution in [0.1, 0.15) is 29.9 Å². The molecule has 25 heavy (non-hydrogen) atoms. The first-order valence-corrected chi connectivity index (χ1v) is 8.02. The first kappa shape index (κ1) is 16.7. The van der Waals surface area contributed by atoms with Gasteiger partial charge >= 0.3 is 6.09 Å². The number of carbonyl (C=O) groups excluding carboxylic acids is 2. The second-order valence-electron chi connectivity index (χ2n) is 5.71. The fourth-order valence-corrected chi connectivity index (χ4v) is 2.97. The van der Waals surface area contributed by atoms with E-state index in [0.29, 0.717) is 16.8 Å². The van der Waals surface area contributed by atoms with Crippen LogP contribution < -0.4 is 5.32 Å². The molecule has 0 saturated heterocycles. The molecule has 0 unspecified atom stereocenters. The van der Waals surface area contributed by atoms with Crippen molar-refractivity contribution in [2.75, 3.05) is 11.9 Å². The number of anilines is 1. The molecule has 0 aliphatic carbocycles. The lowest BCUT2D eigenvalue weighted by atomic mass is 10.0. The number of nitrogens with one attached hydrogen (secondary N) is 2. The number of nitrogens with zero attached hydrogens (tertiary/aromatic N) is 1. The summed E-state index contributed by atoms with van der Waals surface area (Å²) in [6, 6.07) is 7.56. The number of benzene rings is 1. The minimum absolute atomic E-state index is 0.0299. The second-order valence-corrected chi connectivity index (χ2v) is 5.71. The number of ketones is 1. The van der Waals surface area contributed by atoms with Gasteiger partial charge in [0.1, 0.15) is 0 Å². The predicted molar refractivity (Wildman–Crippen MR) is 96.9 cm³/mol. The van der Waals surface area contributed by atoms with Crippen LogP contribution in [-0.2, 0) is 4.74 Å². The first-order chi connectivity index (χ1) is 12.0. The van der Waals surface area contributed by atoms with Crippen LogP contribution >= 0.6 is 0 Å². The van der Waals surface area contributed by atoms with Gasteiger partial charge in [-0.2, -0.15) is 0 Å². The summed E-state index contributed by atoms with van der Waals surface area (Å²) in [5, 5.41) is 3.53. The molecule has 1 amide bonds. The topological polar surface area (TPSA) is 84.1 Å². The van der Waals surface area contributed by atoms with Gasteiger partial charge in [0, 0.05) is 29.0 Å². The maximum atomic E-state index is 12.1. The van der Waals surface area contributed by atoms with Gasteiger partial charge in [0.05, 0.1) is 17.8 Å². The molecular weight excluding hydrogens is 318 g/mol. The first-order valence-electron chi connectivity index (χ1n) is 8.02. The van der Waals surface area contributed by atoms with Crippen molar-refractivity contribution < 1.29 is 14.3 Å². The van der Waals surface area contributed by atoms with Gasteiger partial charge in [-0.1, -0.05) is 0 Å². The van der Waals surface area contributed by atoms with Gasteiger partial charge in [-0.3, -0.25) is 15.1 Å². The van der Waals surface area contributed by atoms with Crippen molar-refractivity contribution in [3.8, 4) is 11.1 Å². The predicted octanol–water partition coefficient (Wildman–Crippen LogP) is 4.31. The molecule has 0 fully saturated rings. The number of hydrogen-bond donors (Lipinski definition) is 2. The molecule has 6 heteroatoms. The average Bonchev–Trinajstić information content (AvgIpc) is 2.92. The second kappa shape index (κ2) is 6.76. The summed E-state index contributed by atoms with van der Waals surface area (Å²) in [4.78, 5) is 31.2. The smallest absolute Gasteiger partial charge is 0.411 e. The van der Waals surface area contributed by atoms with Crippen LogP contribution in [0.25, 0.3) is 22.0 Å². The van der Waals surface area contributed by atoms with Crippen molar-refractivity contribution in [2.24, 2.45) is 0 Å². The lowest BCUT2D eigenvalue weighted by Crippen LogP contribution is -2.13. The maximum absolute atomic E-state index is 12.1. The number of ether oxygens (including phenoxy) is 1. The van der Waals surface area contributed by atoms with Crippen LogP contribution in [0.2, 0.25) is 0 Å². The number of aryl methyl sites for hydroxylation is 1. The highest BCUT2D eigenvalue weighted by molar-refractivity contribution is 6.13. The largest absolute Gasteiger partial charge is 0.450 e. The molecule has 6 nitrogen and oxygen atoms in total. The van der Waals surface area contributed by atoms with Crippen LogP contribution in [-0.4, -0.2) is 28.5 Å². The molecule has 3 aromatic rings. The molecule has 3 rings (SSSR count). The van der Waals surface area contributed by atoms with Crippen LogP contribution in [0.5, 0.6) is 0 Å². The Morgan fingerprint density at radius 1 is 1.20 bits per heavy atom. The van der Waals surface area contributed by atoms with Crippen LogP contribution in [0.15, 0.2) is 36.7 Å². The summed E-state index contributed by atoms with van der Waals surface area (Å²) in [7, 11) is 0. The van der Waals surface area contributed by atoms with Crippen molar-refractivity contribution >= 4 is 28.5 Å². The highest BCUT2D eigenvalue weighted by atomic mass is 16.5. The van der Waals surface area contributed by atoms with E-state index in [1.54, 1.807) is 19.3 Å². The Kier molecular flexibility index (Phi) is 4.52. The average molecular weight is 337 g/mol. The van der Waals surface area contributed by atoms with E-state index in [1.165, 1.54) is 6.92 Å². The van der Waals surface area contributed by atoms with Crippen molar-refractivity contribution in [1.29, 1.82) is 0 Å². The number of Topliss-reactive ketones (excluding diaryl/α,β-unsaturated/α-hetero) is 1. The molecule has 2 N–H and O–H groups in total. The third-order valence-electron chi connectivity index (χ3n) is 3.97. The lowest BCUT2D eigenvalue weighted by molar-refractivity contribution is 0.101. The fourth-order valence-electron chi connectivity index (χ4n) is 2.97. The molecule has 128 valence electrons. The van der Waals surface area contributed by atoms with Crippen LogP contribution in [0, 0.1) is 6.92 Å². The minimum Gasteiger partial charge on any atom is -0.450 e. The van der Waals surface area contributed by atoms with Crippen LogP contribution in [0.3, 0.4) is 0 Å². The molecular formula is C19H19N3O3. The number of hydrogen-bond acceptors (Lipinski definition) is 4. The Bertz CT molecular complexity index is 945. The number of fused-ring (bicyclic) bond motifs is 1.